The fraction of sp³-hybridized carbons (Fsp3) is 0.933. The number of carbonyl (C=O) groups excluding carboxylic acids is 1. The first-order valence-electron chi connectivity index (χ1n) is 7.17. The Balaban J connectivity index is 1.88. The maximum absolute atomic E-state index is 11.5. The van der Waals surface area contributed by atoms with Gasteiger partial charge in [0.2, 0.25) is 0 Å². The highest BCUT2D eigenvalue weighted by molar-refractivity contribution is 5.66. The predicted molar refractivity (Wildman–Crippen MR) is 68.1 cm³/mol. The van der Waals surface area contributed by atoms with Crippen molar-refractivity contribution in [1.82, 2.24) is 0 Å². The molecule has 1 aliphatic carbocycles. The number of hydrogen-bond donors (Lipinski definition) is 0. The van der Waals surface area contributed by atoms with Crippen LogP contribution < -0.4 is 0 Å². The van der Waals surface area contributed by atoms with Gasteiger partial charge < -0.3 is 9.47 Å². The van der Waals surface area contributed by atoms with Crippen LogP contribution >= 0.6 is 0 Å². The van der Waals surface area contributed by atoms with Crippen molar-refractivity contribution >= 4 is 5.97 Å². The Hall–Kier alpha value is -0.570. The molecule has 0 N–H and O–H groups in total. The summed E-state index contributed by atoms with van der Waals surface area (Å²) in [4.78, 5) is 11.5. The molecule has 0 spiro atoms. The summed E-state index contributed by atoms with van der Waals surface area (Å²) in [5.41, 5.74) is -0.277. The number of fused-ring (bicyclic) bond motifs is 5. The number of hydrogen-bond acceptors (Lipinski definition) is 3. The van der Waals surface area contributed by atoms with Crippen LogP contribution in [0.25, 0.3) is 0 Å². The highest BCUT2D eigenvalue weighted by Crippen LogP contribution is 2.60. The fourth-order valence-electron chi connectivity index (χ4n) is 4.40. The van der Waals surface area contributed by atoms with Gasteiger partial charge in [0.1, 0.15) is 5.60 Å². The third kappa shape index (κ3) is 1.63. The molecule has 2 bridgehead atoms. The molecule has 0 aromatic rings. The lowest BCUT2D eigenvalue weighted by molar-refractivity contribution is -0.172. The van der Waals surface area contributed by atoms with E-state index in [4.69, 9.17) is 9.47 Å². The zero-order chi connectivity index (χ0) is 13.1. The Bertz CT molecular complexity index is 350. The maximum Gasteiger partial charge on any atom is 0.303 e. The van der Waals surface area contributed by atoms with Crippen molar-refractivity contribution in [1.29, 1.82) is 0 Å². The summed E-state index contributed by atoms with van der Waals surface area (Å²) in [6.07, 6.45) is 5.24. The lowest BCUT2D eigenvalue weighted by Crippen LogP contribution is -2.45. The van der Waals surface area contributed by atoms with Crippen LogP contribution in [-0.2, 0) is 14.3 Å². The Morgan fingerprint density at radius 3 is 2.06 bits per heavy atom. The summed E-state index contributed by atoms with van der Waals surface area (Å²) in [6, 6.07) is 0. The van der Waals surface area contributed by atoms with E-state index >= 15 is 0 Å². The summed E-state index contributed by atoms with van der Waals surface area (Å²) in [6.45, 7) is 8.12. The fourth-order valence-corrected chi connectivity index (χ4v) is 4.40. The Kier molecular flexibility index (Phi) is 2.58. The topological polar surface area (TPSA) is 35.5 Å². The summed E-state index contributed by atoms with van der Waals surface area (Å²) < 4.78 is 11.8. The van der Waals surface area contributed by atoms with Gasteiger partial charge in [-0.15, -0.1) is 0 Å². The van der Waals surface area contributed by atoms with Gasteiger partial charge in [0.05, 0.1) is 12.2 Å². The number of ether oxygens (including phenoxy) is 2. The minimum absolute atomic E-state index is 0.00243. The van der Waals surface area contributed by atoms with Crippen LogP contribution in [0.15, 0.2) is 0 Å². The first-order chi connectivity index (χ1) is 8.32. The lowest BCUT2D eigenvalue weighted by atomic mass is 9.74. The molecule has 0 aromatic carbocycles. The van der Waals surface area contributed by atoms with E-state index in [1.54, 1.807) is 0 Å². The first-order valence-corrected chi connectivity index (χ1v) is 7.17. The van der Waals surface area contributed by atoms with Crippen molar-refractivity contribution < 1.29 is 14.3 Å². The second-order valence-electron chi connectivity index (χ2n) is 7.36. The monoisotopic (exact) mass is 252 g/mol. The minimum Gasteiger partial charge on any atom is -0.459 e. The highest BCUT2D eigenvalue weighted by Gasteiger charge is 2.62. The first kappa shape index (κ1) is 12.5. The molecular weight excluding hydrogens is 228 g/mol. The largest absolute Gasteiger partial charge is 0.459 e. The molecule has 2 heterocycles. The molecule has 3 heteroatoms. The van der Waals surface area contributed by atoms with Crippen molar-refractivity contribution in [3.63, 3.8) is 0 Å². The van der Waals surface area contributed by atoms with E-state index in [1.807, 2.05) is 0 Å². The van der Waals surface area contributed by atoms with E-state index in [9.17, 15) is 4.79 Å². The minimum atomic E-state index is -0.279. The van der Waals surface area contributed by atoms with Gasteiger partial charge in [0, 0.05) is 12.3 Å². The van der Waals surface area contributed by atoms with Gasteiger partial charge >= 0.3 is 5.97 Å². The Labute approximate surface area is 109 Å². The van der Waals surface area contributed by atoms with Crippen LogP contribution in [0.5, 0.6) is 0 Å². The van der Waals surface area contributed by atoms with E-state index < -0.39 is 0 Å². The third-order valence-corrected chi connectivity index (χ3v) is 5.43. The molecular formula is C15H24O3. The average Bonchev–Trinajstić information content (AvgIpc) is 2.82. The van der Waals surface area contributed by atoms with Crippen LogP contribution in [-0.4, -0.2) is 23.8 Å². The molecule has 4 atom stereocenters. The van der Waals surface area contributed by atoms with E-state index in [0.29, 0.717) is 24.0 Å². The average molecular weight is 252 g/mol. The number of esters is 1. The van der Waals surface area contributed by atoms with E-state index in [-0.39, 0.29) is 17.0 Å². The quantitative estimate of drug-likeness (QED) is 0.673. The smallest absolute Gasteiger partial charge is 0.303 e. The summed E-state index contributed by atoms with van der Waals surface area (Å²) in [7, 11) is 0. The van der Waals surface area contributed by atoms with Crippen molar-refractivity contribution in [3.8, 4) is 0 Å². The molecule has 3 rings (SSSR count). The molecule has 2 saturated heterocycles. The number of carbonyl (C=O) groups is 1. The predicted octanol–water partition coefficient (Wildman–Crippen LogP) is 2.92. The van der Waals surface area contributed by atoms with Crippen LogP contribution in [0.2, 0.25) is 0 Å². The van der Waals surface area contributed by atoms with Gasteiger partial charge in [0.15, 0.2) is 0 Å². The van der Waals surface area contributed by atoms with Crippen LogP contribution in [0, 0.1) is 17.3 Å². The van der Waals surface area contributed by atoms with Crippen LogP contribution in [0.3, 0.4) is 0 Å². The van der Waals surface area contributed by atoms with E-state index in [1.165, 1.54) is 19.8 Å². The van der Waals surface area contributed by atoms with Gasteiger partial charge in [-0.3, -0.25) is 4.79 Å². The molecule has 3 aliphatic rings. The van der Waals surface area contributed by atoms with Crippen molar-refractivity contribution in [2.75, 3.05) is 0 Å². The molecule has 18 heavy (non-hydrogen) atoms. The summed E-state index contributed by atoms with van der Waals surface area (Å²) in [5.74, 6) is 1.09. The van der Waals surface area contributed by atoms with Gasteiger partial charge in [-0.1, -0.05) is 20.8 Å². The van der Waals surface area contributed by atoms with Gasteiger partial charge in [-0.2, -0.15) is 0 Å². The summed E-state index contributed by atoms with van der Waals surface area (Å²) in [5, 5.41) is 0. The van der Waals surface area contributed by atoms with Crippen LogP contribution in [0.4, 0.5) is 0 Å². The molecule has 3 nitrogen and oxygen atoms in total. The van der Waals surface area contributed by atoms with Crippen molar-refractivity contribution in [2.24, 2.45) is 17.3 Å². The lowest BCUT2D eigenvalue weighted by Gasteiger charge is -2.42. The number of rotatable bonds is 1. The highest BCUT2D eigenvalue weighted by atomic mass is 16.6. The second kappa shape index (κ2) is 3.72. The molecule has 3 fully saturated rings. The molecule has 102 valence electrons. The van der Waals surface area contributed by atoms with Gasteiger partial charge in [0.25, 0.3) is 0 Å². The third-order valence-electron chi connectivity index (χ3n) is 5.43. The standard InChI is InChI=1S/C15H24O3/c1-9(16)18-15(14(2,3)4)7-10-11(8-15)13-6-5-12(10)17-13/h10-13H,5-8H2,1-4H3. The Morgan fingerprint density at radius 1 is 1.17 bits per heavy atom. The van der Waals surface area contributed by atoms with Gasteiger partial charge in [-0.05, 0) is 37.5 Å². The van der Waals surface area contributed by atoms with E-state index in [2.05, 4.69) is 20.8 Å². The maximum atomic E-state index is 11.5. The normalized spacial score (nSPS) is 46.2. The molecule has 0 amide bonds. The SMILES string of the molecule is CC(=O)OC1(C(C)(C)C)CC2C3CCC(O3)C2C1. The molecule has 0 aromatic heterocycles. The van der Waals surface area contributed by atoms with Crippen LogP contribution in [0.1, 0.15) is 53.4 Å². The Morgan fingerprint density at radius 2 is 1.67 bits per heavy atom. The van der Waals surface area contributed by atoms with E-state index in [0.717, 1.165) is 12.8 Å². The molecule has 4 unspecified atom stereocenters. The van der Waals surface area contributed by atoms with Crippen molar-refractivity contribution in [2.45, 2.75) is 71.2 Å². The molecule has 1 saturated carbocycles. The zero-order valence-electron chi connectivity index (χ0n) is 11.9. The van der Waals surface area contributed by atoms with Gasteiger partial charge in [-0.25, -0.2) is 0 Å². The second-order valence-corrected chi connectivity index (χ2v) is 7.36. The molecule has 2 aliphatic heterocycles. The molecule has 0 radical (unpaired) electrons. The summed E-state index contributed by atoms with van der Waals surface area (Å²) >= 11 is 0. The zero-order valence-corrected chi connectivity index (χ0v) is 11.9. The van der Waals surface area contributed by atoms with Crippen molar-refractivity contribution in [3.05, 3.63) is 0 Å².